The first-order valence-electron chi connectivity index (χ1n) is 7.89. The molecule has 0 radical (unpaired) electrons. The molecule has 1 saturated heterocycles. The van der Waals surface area contributed by atoms with E-state index in [-0.39, 0.29) is 24.5 Å². The van der Waals surface area contributed by atoms with E-state index in [1.807, 2.05) is 32.0 Å². The minimum atomic E-state index is -0.484. The summed E-state index contributed by atoms with van der Waals surface area (Å²) < 4.78 is 5.58. The molecule has 1 fully saturated rings. The number of carbonyl (C=O) groups is 2. The summed E-state index contributed by atoms with van der Waals surface area (Å²) in [5.41, 5.74) is 8.46. The zero-order valence-corrected chi connectivity index (χ0v) is 14.0. The van der Waals surface area contributed by atoms with E-state index in [0.717, 1.165) is 23.2 Å². The van der Waals surface area contributed by atoms with Crippen molar-refractivity contribution < 1.29 is 14.3 Å². The molecule has 0 bridgehead atoms. The lowest BCUT2D eigenvalue weighted by Crippen LogP contribution is -2.41. The van der Waals surface area contributed by atoms with Crippen LogP contribution in [0.2, 0.25) is 0 Å². The number of aryl methyl sites for hydroxylation is 1. The van der Waals surface area contributed by atoms with E-state index in [1.165, 1.54) is 4.90 Å². The SMILES string of the molecule is Cc1cccc(NC(=O)CN(C)C(=O)[C@@H]2CC[C@H](CN)O2)c1C. The average molecular weight is 319 g/mol. The largest absolute Gasteiger partial charge is 0.364 e. The zero-order valence-electron chi connectivity index (χ0n) is 14.0. The lowest BCUT2D eigenvalue weighted by molar-refractivity contribution is -0.143. The Morgan fingerprint density at radius 1 is 1.35 bits per heavy atom. The molecule has 3 N–H and O–H groups in total. The van der Waals surface area contributed by atoms with E-state index < -0.39 is 6.10 Å². The summed E-state index contributed by atoms with van der Waals surface area (Å²) in [6, 6.07) is 5.74. The Hall–Kier alpha value is -1.92. The highest BCUT2D eigenvalue weighted by atomic mass is 16.5. The Bertz CT molecular complexity index is 588. The summed E-state index contributed by atoms with van der Waals surface area (Å²) in [4.78, 5) is 25.9. The lowest BCUT2D eigenvalue weighted by Gasteiger charge is -2.21. The van der Waals surface area contributed by atoms with Crippen LogP contribution in [0.15, 0.2) is 18.2 Å². The van der Waals surface area contributed by atoms with Crippen molar-refractivity contribution in [3.63, 3.8) is 0 Å². The molecule has 1 aliphatic heterocycles. The van der Waals surface area contributed by atoms with Crippen LogP contribution in [-0.2, 0) is 14.3 Å². The molecule has 2 atom stereocenters. The number of benzene rings is 1. The van der Waals surface area contributed by atoms with E-state index in [0.29, 0.717) is 13.0 Å². The molecular weight excluding hydrogens is 294 g/mol. The van der Waals surface area contributed by atoms with Gasteiger partial charge >= 0.3 is 0 Å². The third kappa shape index (κ3) is 4.30. The molecule has 0 aliphatic carbocycles. The van der Waals surface area contributed by atoms with Crippen LogP contribution in [0, 0.1) is 13.8 Å². The average Bonchev–Trinajstić information content (AvgIpc) is 3.00. The predicted molar refractivity (Wildman–Crippen MR) is 89.1 cm³/mol. The number of nitrogens with zero attached hydrogens (tertiary/aromatic N) is 1. The van der Waals surface area contributed by atoms with Gasteiger partial charge in [-0.05, 0) is 43.9 Å². The Kier molecular flexibility index (Phi) is 5.74. The summed E-state index contributed by atoms with van der Waals surface area (Å²) in [5, 5.41) is 2.85. The molecule has 6 nitrogen and oxygen atoms in total. The molecule has 2 rings (SSSR count). The number of nitrogens with one attached hydrogen (secondary N) is 1. The smallest absolute Gasteiger partial charge is 0.251 e. The molecule has 23 heavy (non-hydrogen) atoms. The number of nitrogens with two attached hydrogens (primary N) is 1. The predicted octanol–water partition coefficient (Wildman–Crippen LogP) is 1.21. The molecule has 1 aromatic carbocycles. The number of hydrogen-bond donors (Lipinski definition) is 2. The van der Waals surface area contributed by atoms with Gasteiger partial charge in [0.2, 0.25) is 5.91 Å². The number of ether oxygens (including phenoxy) is 1. The van der Waals surface area contributed by atoms with Crippen LogP contribution in [-0.4, -0.2) is 49.1 Å². The van der Waals surface area contributed by atoms with Crippen molar-refractivity contribution in [3.05, 3.63) is 29.3 Å². The second-order valence-corrected chi connectivity index (χ2v) is 6.05. The summed E-state index contributed by atoms with van der Waals surface area (Å²) >= 11 is 0. The monoisotopic (exact) mass is 319 g/mol. The first kappa shape index (κ1) is 17.4. The fourth-order valence-electron chi connectivity index (χ4n) is 2.68. The van der Waals surface area contributed by atoms with Crippen molar-refractivity contribution in [2.45, 2.75) is 38.9 Å². The lowest BCUT2D eigenvalue weighted by atomic mass is 10.1. The molecule has 1 heterocycles. The summed E-state index contributed by atoms with van der Waals surface area (Å²) in [5.74, 6) is -0.389. The van der Waals surface area contributed by atoms with Crippen LogP contribution < -0.4 is 11.1 Å². The van der Waals surface area contributed by atoms with Crippen molar-refractivity contribution in [1.82, 2.24) is 4.90 Å². The molecule has 126 valence electrons. The van der Waals surface area contributed by atoms with E-state index in [4.69, 9.17) is 10.5 Å². The first-order valence-corrected chi connectivity index (χ1v) is 7.89. The molecule has 6 heteroatoms. The molecule has 1 aromatic rings. The second kappa shape index (κ2) is 7.57. The molecule has 0 aromatic heterocycles. The van der Waals surface area contributed by atoms with Gasteiger partial charge in [-0.25, -0.2) is 0 Å². The van der Waals surface area contributed by atoms with Crippen LogP contribution >= 0.6 is 0 Å². The molecule has 0 saturated carbocycles. The van der Waals surface area contributed by atoms with Crippen LogP contribution in [0.5, 0.6) is 0 Å². The van der Waals surface area contributed by atoms with Crippen LogP contribution in [0.1, 0.15) is 24.0 Å². The number of carbonyl (C=O) groups excluding carboxylic acids is 2. The summed E-state index contributed by atoms with van der Waals surface area (Å²) in [6.45, 7) is 4.37. The fourth-order valence-corrected chi connectivity index (χ4v) is 2.68. The summed E-state index contributed by atoms with van der Waals surface area (Å²) in [7, 11) is 1.62. The van der Waals surface area contributed by atoms with E-state index in [9.17, 15) is 9.59 Å². The molecule has 0 spiro atoms. The number of amides is 2. The van der Waals surface area contributed by atoms with E-state index in [1.54, 1.807) is 7.05 Å². The van der Waals surface area contributed by atoms with Gasteiger partial charge in [-0.15, -0.1) is 0 Å². The fraction of sp³-hybridized carbons (Fsp3) is 0.529. The molecule has 1 aliphatic rings. The zero-order chi connectivity index (χ0) is 17.0. The highest BCUT2D eigenvalue weighted by Crippen LogP contribution is 2.21. The Labute approximate surface area is 137 Å². The quantitative estimate of drug-likeness (QED) is 0.854. The van der Waals surface area contributed by atoms with Gasteiger partial charge in [0.15, 0.2) is 0 Å². The third-order valence-electron chi connectivity index (χ3n) is 4.28. The molecule has 0 unspecified atom stereocenters. The topological polar surface area (TPSA) is 84.7 Å². The van der Waals surface area contributed by atoms with Crippen molar-refractivity contribution in [3.8, 4) is 0 Å². The van der Waals surface area contributed by atoms with Gasteiger partial charge in [-0.1, -0.05) is 12.1 Å². The first-order chi connectivity index (χ1) is 10.9. The van der Waals surface area contributed by atoms with Gasteiger partial charge in [0.05, 0.1) is 12.6 Å². The van der Waals surface area contributed by atoms with Gasteiger partial charge in [0.25, 0.3) is 5.91 Å². The number of anilines is 1. The highest BCUT2D eigenvalue weighted by molar-refractivity contribution is 5.95. The number of rotatable bonds is 5. The standard InChI is InChI=1S/C17H25N3O3/c1-11-5-4-6-14(12(11)2)19-16(21)10-20(3)17(22)15-8-7-13(9-18)23-15/h4-6,13,15H,7-10,18H2,1-3H3,(H,19,21)/t13-,15+/m1/s1. The van der Waals surface area contributed by atoms with Gasteiger partial charge in [-0.3, -0.25) is 9.59 Å². The van der Waals surface area contributed by atoms with Gasteiger partial charge in [-0.2, -0.15) is 0 Å². The van der Waals surface area contributed by atoms with E-state index in [2.05, 4.69) is 5.32 Å². The summed E-state index contributed by atoms with van der Waals surface area (Å²) in [6.07, 6.45) is 0.905. The number of likely N-dealkylation sites (N-methyl/N-ethyl adjacent to an activating group) is 1. The van der Waals surface area contributed by atoms with Gasteiger partial charge in [0.1, 0.15) is 6.10 Å². The van der Waals surface area contributed by atoms with Gasteiger partial charge < -0.3 is 20.7 Å². The normalized spacial score (nSPS) is 20.3. The minimum Gasteiger partial charge on any atom is -0.364 e. The maximum atomic E-state index is 12.3. The Morgan fingerprint density at radius 3 is 2.74 bits per heavy atom. The molecule has 2 amide bonds. The highest BCUT2D eigenvalue weighted by Gasteiger charge is 2.32. The minimum absolute atomic E-state index is 0.000628. The van der Waals surface area contributed by atoms with Crippen molar-refractivity contribution in [1.29, 1.82) is 0 Å². The van der Waals surface area contributed by atoms with Crippen molar-refractivity contribution in [2.75, 3.05) is 25.5 Å². The van der Waals surface area contributed by atoms with Crippen molar-refractivity contribution >= 4 is 17.5 Å². The molecular formula is C17H25N3O3. The number of hydrogen-bond acceptors (Lipinski definition) is 4. The van der Waals surface area contributed by atoms with Crippen LogP contribution in [0.4, 0.5) is 5.69 Å². The maximum Gasteiger partial charge on any atom is 0.251 e. The van der Waals surface area contributed by atoms with Gasteiger partial charge in [0, 0.05) is 19.3 Å². The Morgan fingerprint density at radius 2 is 2.09 bits per heavy atom. The Balaban J connectivity index is 1.89. The van der Waals surface area contributed by atoms with Crippen LogP contribution in [0.3, 0.4) is 0 Å². The van der Waals surface area contributed by atoms with Crippen molar-refractivity contribution in [2.24, 2.45) is 5.73 Å². The third-order valence-corrected chi connectivity index (χ3v) is 4.28. The van der Waals surface area contributed by atoms with Crippen LogP contribution in [0.25, 0.3) is 0 Å². The maximum absolute atomic E-state index is 12.3. The van der Waals surface area contributed by atoms with E-state index >= 15 is 0 Å². The second-order valence-electron chi connectivity index (χ2n) is 6.05.